The van der Waals surface area contributed by atoms with E-state index in [4.69, 9.17) is 4.52 Å². The van der Waals surface area contributed by atoms with Crippen LogP contribution in [0.3, 0.4) is 0 Å². The van der Waals surface area contributed by atoms with Gasteiger partial charge in [-0.3, -0.25) is 4.90 Å². The molecule has 0 N–H and O–H groups in total. The number of nitrogens with zero attached hydrogens (tertiary/aromatic N) is 4. The molecule has 0 radical (unpaired) electrons. The molecule has 0 spiro atoms. The molecule has 0 aliphatic heterocycles. The largest absolute Gasteiger partial charge is 0.360 e. The summed E-state index contributed by atoms with van der Waals surface area (Å²) in [5, 5.41) is 3.89. The summed E-state index contributed by atoms with van der Waals surface area (Å²) in [5.41, 5.74) is 0.922. The van der Waals surface area contributed by atoms with Gasteiger partial charge in [-0.25, -0.2) is 4.98 Å². The van der Waals surface area contributed by atoms with Gasteiger partial charge in [-0.2, -0.15) is 0 Å². The van der Waals surface area contributed by atoms with Crippen LogP contribution < -0.4 is 0 Å². The summed E-state index contributed by atoms with van der Waals surface area (Å²) in [6, 6.07) is 1.97. The Bertz CT molecular complexity index is 489. The van der Waals surface area contributed by atoms with Gasteiger partial charge < -0.3 is 9.09 Å². The first kappa shape index (κ1) is 12.8. The van der Waals surface area contributed by atoms with E-state index < -0.39 is 0 Å². The third-order valence-electron chi connectivity index (χ3n) is 2.78. The fourth-order valence-electron chi connectivity index (χ4n) is 1.99. The topological polar surface area (TPSA) is 47.1 Å². The zero-order valence-electron chi connectivity index (χ0n) is 11.3. The van der Waals surface area contributed by atoms with Crippen LogP contribution in [0.1, 0.15) is 30.6 Å². The SMILES string of the molecule is CCCn1ccnc1CN(C)Cc1cc(C)no1. The molecule has 0 fully saturated rings. The van der Waals surface area contributed by atoms with E-state index in [9.17, 15) is 0 Å². The van der Waals surface area contributed by atoms with Crippen molar-refractivity contribution in [2.24, 2.45) is 0 Å². The first-order valence-electron chi connectivity index (χ1n) is 6.29. The molecule has 0 saturated heterocycles. The zero-order valence-corrected chi connectivity index (χ0v) is 11.3. The molecule has 98 valence electrons. The molecule has 0 aliphatic rings. The van der Waals surface area contributed by atoms with Crippen LogP contribution in [0.4, 0.5) is 0 Å². The van der Waals surface area contributed by atoms with Crippen molar-refractivity contribution in [2.75, 3.05) is 7.05 Å². The highest BCUT2D eigenvalue weighted by Gasteiger charge is 2.09. The molecule has 0 amide bonds. The van der Waals surface area contributed by atoms with Crippen molar-refractivity contribution in [1.29, 1.82) is 0 Å². The van der Waals surface area contributed by atoms with Gasteiger partial charge in [0, 0.05) is 25.0 Å². The van der Waals surface area contributed by atoms with E-state index >= 15 is 0 Å². The Hall–Kier alpha value is -1.62. The Morgan fingerprint density at radius 2 is 2.22 bits per heavy atom. The second-order valence-electron chi connectivity index (χ2n) is 4.64. The number of imidazole rings is 1. The maximum atomic E-state index is 5.21. The van der Waals surface area contributed by atoms with E-state index in [1.165, 1.54) is 0 Å². The molecule has 0 saturated carbocycles. The minimum Gasteiger partial charge on any atom is -0.360 e. The molecule has 0 aliphatic carbocycles. The van der Waals surface area contributed by atoms with Crippen molar-refractivity contribution < 1.29 is 4.52 Å². The van der Waals surface area contributed by atoms with Crippen LogP contribution in [-0.2, 0) is 19.6 Å². The molecule has 0 aromatic carbocycles. The number of aromatic nitrogens is 3. The van der Waals surface area contributed by atoms with E-state index in [1.54, 1.807) is 0 Å². The summed E-state index contributed by atoms with van der Waals surface area (Å²) in [6.45, 7) is 6.68. The molecule has 5 heteroatoms. The van der Waals surface area contributed by atoms with Crippen molar-refractivity contribution in [3.8, 4) is 0 Å². The summed E-state index contributed by atoms with van der Waals surface area (Å²) in [4.78, 5) is 6.57. The predicted molar refractivity (Wildman–Crippen MR) is 68.9 cm³/mol. The minimum absolute atomic E-state index is 0.750. The van der Waals surface area contributed by atoms with Gasteiger partial charge in [0.25, 0.3) is 0 Å². The smallest absolute Gasteiger partial charge is 0.150 e. The van der Waals surface area contributed by atoms with Crippen molar-refractivity contribution in [3.05, 3.63) is 35.7 Å². The van der Waals surface area contributed by atoms with Crippen molar-refractivity contribution in [2.45, 2.75) is 39.9 Å². The molecule has 5 nitrogen and oxygen atoms in total. The van der Waals surface area contributed by atoms with E-state index in [0.29, 0.717) is 0 Å². The van der Waals surface area contributed by atoms with Gasteiger partial charge in [0.05, 0.1) is 18.8 Å². The van der Waals surface area contributed by atoms with Gasteiger partial charge in [-0.15, -0.1) is 0 Å². The molecule has 2 heterocycles. The van der Waals surface area contributed by atoms with Gasteiger partial charge in [0.15, 0.2) is 5.76 Å². The lowest BCUT2D eigenvalue weighted by Gasteiger charge is -2.15. The maximum Gasteiger partial charge on any atom is 0.150 e. The third kappa shape index (κ3) is 3.20. The lowest BCUT2D eigenvalue weighted by molar-refractivity contribution is 0.258. The van der Waals surface area contributed by atoms with Crippen LogP contribution in [0.2, 0.25) is 0 Å². The summed E-state index contributed by atoms with van der Waals surface area (Å²) in [7, 11) is 2.06. The van der Waals surface area contributed by atoms with Gasteiger partial charge in [0.1, 0.15) is 5.82 Å². The van der Waals surface area contributed by atoms with E-state index in [0.717, 1.165) is 43.3 Å². The summed E-state index contributed by atoms with van der Waals surface area (Å²) in [6.07, 6.45) is 5.01. The summed E-state index contributed by atoms with van der Waals surface area (Å²) in [5.74, 6) is 1.99. The number of hydrogen-bond donors (Lipinski definition) is 0. The van der Waals surface area contributed by atoms with Gasteiger partial charge in [-0.1, -0.05) is 12.1 Å². The normalized spacial score (nSPS) is 11.3. The average Bonchev–Trinajstić information content (AvgIpc) is 2.90. The summed E-state index contributed by atoms with van der Waals surface area (Å²) < 4.78 is 7.41. The molecule has 0 unspecified atom stereocenters. The Balaban J connectivity index is 1.94. The van der Waals surface area contributed by atoms with Gasteiger partial charge in [-0.05, 0) is 20.4 Å². The molecule has 2 aromatic heterocycles. The Labute approximate surface area is 107 Å². The lowest BCUT2D eigenvalue weighted by Crippen LogP contribution is -2.19. The Morgan fingerprint density at radius 1 is 1.39 bits per heavy atom. The van der Waals surface area contributed by atoms with Crippen LogP contribution >= 0.6 is 0 Å². The highest BCUT2D eigenvalue weighted by atomic mass is 16.5. The number of aryl methyl sites for hydroxylation is 2. The van der Waals surface area contributed by atoms with E-state index in [1.807, 2.05) is 25.4 Å². The molecule has 18 heavy (non-hydrogen) atoms. The van der Waals surface area contributed by atoms with Crippen LogP contribution in [0.15, 0.2) is 23.0 Å². The quantitative estimate of drug-likeness (QED) is 0.786. The van der Waals surface area contributed by atoms with Crippen LogP contribution in [0.25, 0.3) is 0 Å². The lowest BCUT2D eigenvalue weighted by atomic mass is 10.3. The monoisotopic (exact) mass is 248 g/mol. The van der Waals surface area contributed by atoms with Crippen molar-refractivity contribution >= 4 is 0 Å². The Kier molecular flexibility index (Phi) is 4.15. The van der Waals surface area contributed by atoms with Gasteiger partial charge >= 0.3 is 0 Å². The molecular weight excluding hydrogens is 228 g/mol. The van der Waals surface area contributed by atoms with Crippen molar-refractivity contribution in [1.82, 2.24) is 19.6 Å². The van der Waals surface area contributed by atoms with E-state index in [-0.39, 0.29) is 0 Å². The number of hydrogen-bond acceptors (Lipinski definition) is 4. The summed E-state index contributed by atoms with van der Waals surface area (Å²) >= 11 is 0. The highest BCUT2D eigenvalue weighted by molar-refractivity contribution is 5.03. The van der Waals surface area contributed by atoms with Crippen LogP contribution in [-0.4, -0.2) is 26.7 Å². The fourth-order valence-corrected chi connectivity index (χ4v) is 1.99. The number of rotatable bonds is 6. The molecule has 2 rings (SSSR count). The standard InChI is InChI=1S/C13H20N4O/c1-4-6-17-7-5-14-13(17)10-16(3)9-12-8-11(2)15-18-12/h5,7-8H,4,6,9-10H2,1-3H3. The van der Waals surface area contributed by atoms with Crippen LogP contribution in [0.5, 0.6) is 0 Å². The molecular formula is C13H20N4O. The zero-order chi connectivity index (χ0) is 13.0. The molecule has 2 aromatic rings. The molecule has 0 atom stereocenters. The minimum atomic E-state index is 0.750. The molecule has 0 bridgehead atoms. The van der Waals surface area contributed by atoms with E-state index in [2.05, 4.69) is 33.6 Å². The van der Waals surface area contributed by atoms with Crippen molar-refractivity contribution in [3.63, 3.8) is 0 Å². The second-order valence-corrected chi connectivity index (χ2v) is 4.64. The first-order valence-corrected chi connectivity index (χ1v) is 6.29. The van der Waals surface area contributed by atoms with Crippen LogP contribution in [0, 0.1) is 6.92 Å². The maximum absolute atomic E-state index is 5.21. The Morgan fingerprint density at radius 3 is 2.89 bits per heavy atom. The van der Waals surface area contributed by atoms with Gasteiger partial charge in [0.2, 0.25) is 0 Å². The fraction of sp³-hybridized carbons (Fsp3) is 0.538. The third-order valence-corrected chi connectivity index (χ3v) is 2.78. The first-order chi connectivity index (χ1) is 8.69. The highest BCUT2D eigenvalue weighted by Crippen LogP contribution is 2.08. The predicted octanol–water partition coefficient (Wildman–Crippen LogP) is 2.22. The second kappa shape index (κ2) is 5.82. The average molecular weight is 248 g/mol.